The SMILES string of the molecule is CSc1ccc(CN2CCC[C@H](c3[nH]ncc3CC(C)C)C2)cc1. The van der Waals surface area contributed by atoms with Gasteiger partial charge in [-0.05, 0) is 61.2 Å². The van der Waals surface area contributed by atoms with E-state index < -0.39 is 0 Å². The Labute approximate surface area is 150 Å². The molecule has 1 aliphatic rings. The van der Waals surface area contributed by atoms with Crippen molar-refractivity contribution in [1.82, 2.24) is 15.1 Å². The Morgan fingerprint density at radius 2 is 2.08 bits per heavy atom. The number of nitrogens with one attached hydrogen (secondary N) is 1. The van der Waals surface area contributed by atoms with Crippen molar-refractivity contribution >= 4 is 11.8 Å². The third-order valence-corrected chi connectivity index (χ3v) is 5.60. The van der Waals surface area contributed by atoms with Gasteiger partial charge in [0.15, 0.2) is 0 Å². The minimum absolute atomic E-state index is 0.598. The van der Waals surface area contributed by atoms with E-state index in [9.17, 15) is 0 Å². The Morgan fingerprint density at radius 1 is 1.29 bits per heavy atom. The molecule has 1 N–H and O–H groups in total. The maximum Gasteiger partial charge on any atom is 0.0522 e. The van der Waals surface area contributed by atoms with Crippen molar-refractivity contribution in [3.63, 3.8) is 0 Å². The highest BCUT2D eigenvalue weighted by Gasteiger charge is 2.24. The van der Waals surface area contributed by atoms with Crippen LogP contribution in [0.1, 0.15) is 49.4 Å². The van der Waals surface area contributed by atoms with Gasteiger partial charge < -0.3 is 0 Å². The highest BCUT2D eigenvalue weighted by Crippen LogP contribution is 2.29. The Morgan fingerprint density at radius 3 is 2.79 bits per heavy atom. The molecular weight excluding hydrogens is 314 g/mol. The summed E-state index contributed by atoms with van der Waals surface area (Å²) in [5.74, 6) is 1.27. The van der Waals surface area contributed by atoms with Gasteiger partial charge in [-0.2, -0.15) is 5.10 Å². The molecule has 0 radical (unpaired) electrons. The van der Waals surface area contributed by atoms with Crippen LogP contribution in [0.3, 0.4) is 0 Å². The van der Waals surface area contributed by atoms with Crippen molar-refractivity contribution in [2.24, 2.45) is 5.92 Å². The van der Waals surface area contributed by atoms with Crippen LogP contribution >= 0.6 is 11.8 Å². The van der Waals surface area contributed by atoms with Crippen molar-refractivity contribution < 1.29 is 0 Å². The predicted octanol–water partition coefficient (Wildman–Crippen LogP) is 4.71. The minimum Gasteiger partial charge on any atom is -0.298 e. The predicted molar refractivity (Wildman–Crippen MR) is 103 cm³/mol. The maximum absolute atomic E-state index is 4.33. The first-order valence-electron chi connectivity index (χ1n) is 9.03. The van der Waals surface area contributed by atoms with Gasteiger partial charge in [-0.3, -0.25) is 10.00 Å². The van der Waals surface area contributed by atoms with Crippen molar-refractivity contribution in [2.45, 2.75) is 50.5 Å². The first-order valence-corrected chi connectivity index (χ1v) is 10.3. The van der Waals surface area contributed by atoms with Crippen LogP contribution in [0.15, 0.2) is 35.4 Å². The quantitative estimate of drug-likeness (QED) is 0.771. The van der Waals surface area contributed by atoms with Crippen LogP contribution in [0, 0.1) is 5.92 Å². The second kappa shape index (κ2) is 8.21. The summed E-state index contributed by atoms with van der Waals surface area (Å²) in [4.78, 5) is 3.94. The summed E-state index contributed by atoms with van der Waals surface area (Å²) < 4.78 is 0. The molecule has 2 heterocycles. The molecule has 1 fully saturated rings. The molecule has 0 aliphatic carbocycles. The van der Waals surface area contributed by atoms with Crippen LogP contribution in [-0.2, 0) is 13.0 Å². The largest absolute Gasteiger partial charge is 0.298 e. The fourth-order valence-corrected chi connectivity index (χ4v) is 4.11. The number of piperidine rings is 1. The second-order valence-corrected chi connectivity index (χ2v) is 8.21. The summed E-state index contributed by atoms with van der Waals surface area (Å²) in [6.07, 6.45) is 7.83. The van der Waals surface area contributed by atoms with Gasteiger partial charge in [0.05, 0.1) is 6.20 Å². The molecular formula is C20H29N3S. The van der Waals surface area contributed by atoms with Gasteiger partial charge in [-0.25, -0.2) is 0 Å². The Balaban J connectivity index is 1.64. The lowest BCUT2D eigenvalue weighted by Crippen LogP contribution is -2.34. The summed E-state index contributed by atoms with van der Waals surface area (Å²) in [6, 6.07) is 9.01. The lowest BCUT2D eigenvalue weighted by Gasteiger charge is -2.32. The van der Waals surface area contributed by atoms with Crippen LogP contribution in [0.5, 0.6) is 0 Å². The number of aromatic nitrogens is 2. The molecule has 0 amide bonds. The van der Waals surface area contributed by atoms with Crippen molar-refractivity contribution in [3.8, 4) is 0 Å². The summed E-state index contributed by atoms with van der Waals surface area (Å²) >= 11 is 1.80. The van der Waals surface area contributed by atoms with Crippen LogP contribution in [0.25, 0.3) is 0 Å². The summed E-state index contributed by atoms with van der Waals surface area (Å²) in [5.41, 5.74) is 4.22. The van der Waals surface area contributed by atoms with Crippen molar-refractivity contribution in [3.05, 3.63) is 47.3 Å². The molecule has 1 atom stereocenters. The van der Waals surface area contributed by atoms with Crippen LogP contribution in [0.2, 0.25) is 0 Å². The normalized spacial score (nSPS) is 19.1. The van der Waals surface area contributed by atoms with E-state index in [1.54, 1.807) is 11.8 Å². The molecule has 0 unspecified atom stereocenters. The fraction of sp³-hybridized carbons (Fsp3) is 0.550. The average Bonchev–Trinajstić information content (AvgIpc) is 3.03. The molecule has 1 aromatic heterocycles. The minimum atomic E-state index is 0.598. The first-order chi connectivity index (χ1) is 11.7. The van der Waals surface area contributed by atoms with Gasteiger partial charge in [0.2, 0.25) is 0 Å². The molecule has 2 aromatic rings. The number of thioether (sulfide) groups is 1. The van der Waals surface area contributed by atoms with Gasteiger partial charge in [0.1, 0.15) is 0 Å². The number of rotatable bonds is 6. The summed E-state index contributed by atoms with van der Waals surface area (Å²) in [6.45, 7) is 7.95. The van der Waals surface area contributed by atoms with Crippen molar-refractivity contribution in [1.29, 1.82) is 0 Å². The zero-order valence-corrected chi connectivity index (χ0v) is 15.9. The van der Waals surface area contributed by atoms with Gasteiger partial charge in [0.25, 0.3) is 0 Å². The standard InChI is InChI=1S/C20H29N3S/c1-15(2)11-18-12-21-22-20(18)17-5-4-10-23(14-17)13-16-6-8-19(24-3)9-7-16/h6-9,12,15,17H,4-5,10-11,13-14H2,1-3H3,(H,21,22)/t17-/m0/s1. The van der Waals surface area contributed by atoms with Gasteiger partial charge in [-0.15, -0.1) is 11.8 Å². The van der Waals surface area contributed by atoms with Crippen molar-refractivity contribution in [2.75, 3.05) is 19.3 Å². The topological polar surface area (TPSA) is 31.9 Å². The van der Waals surface area contributed by atoms with E-state index in [1.807, 2.05) is 6.20 Å². The molecule has 3 nitrogen and oxygen atoms in total. The zero-order valence-electron chi connectivity index (χ0n) is 15.1. The lowest BCUT2D eigenvalue weighted by molar-refractivity contribution is 0.198. The third kappa shape index (κ3) is 4.42. The highest BCUT2D eigenvalue weighted by atomic mass is 32.2. The third-order valence-electron chi connectivity index (χ3n) is 4.86. The van der Waals surface area contributed by atoms with E-state index in [4.69, 9.17) is 0 Å². The van der Waals surface area contributed by atoms with Crippen LogP contribution in [-0.4, -0.2) is 34.4 Å². The van der Waals surface area contributed by atoms with E-state index in [1.165, 1.54) is 41.1 Å². The lowest BCUT2D eigenvalue weighted by atomic mass is 9.90. The number of hydrogen-bond donors (Lipinski definition) is 1. The monoisotopic (exact) mass is 343 g/mol. The smallest absolute Gasteiger partial charge is 0.0522 e. The van der Waals surface area contributed by atoms with Crippen LogP contribution < -0.4 is 0 Å². The molecule has 0 saturated carbocycles. The van der Waals surface area contributed by atoms with E-state index in [2.05, 4.69) is 59.5 Å². The van der Waals surface area contributed by atoms with Gasteiger partial charge >= 0.3 is 0 Å². The fourth-order valence-electron chi connectivity index (χ4n) is 3.70. The van der Waals surface area contributed by atoms with E-state index >= 15 is 0 Å². The molecule has 130 valence electrons. The molecule has 1 aliphatic heterocycles. The van der Waals surface area contributed by atoms with E-state index in [-0.39, 0.29) is 0 Å². The maximum atomic E-state index is 4.33. The molecule has 1 aromatic carbocycles. The number of H-pyrrole nitrogens is 1. The molecule has 0 bridgehead atoms. The molecule has 3 rings (SSSR count). The highest BCUT2D eigenvalue weighted by molar-refractivity contribution is 7.98. The van der Waals surface area contributed by atoms with Crippen LogP contribution in [0.4, 0.5) is 0 Å². The zero-order chi connectivity index (χ0) is 16.9. The average molecular weight is 344 g/mol. The number of aromatic amines is 1. The van der Waals surface area contributed by atoms with Gasteiger partial charge in [-0.1, -0.05) is 26.0 Å². The summed E-state index contributed by atoms with van der Waals surface area (Å²) in [7, 11) is 0. The molecule has 0 spiro atoms. The van der Waals surface area contributed by atoms with E-state index in [0.717, 1.165) is 19.5 Å². The Kier molecular flexibility index (Phi) is 6.01. The number of benzene rings is 1. The molecule has 1 saturated heterocycles. The summed E-state index contributed by atoms with van der Waals surface area (Å²) in [5, 5.41) is 7.63. The molecule has 24 heavy (non-hydrogen) atoms. The van der Waals surface area contributed by atoms with Gasteiger partial charge in [0, 0.05) is 29.6 Å². The Bertz CT molecular complexity index is 633. The number of likely N-dealkylation sites (tertiary alicyclic amines) is 1. The number of nitrogens with zero attached hydrogens (tertiary/aromatic N) is 2. The first kappa shape index (κ1) is 17.6. The number of hydrogen-bond acceptors (Lipinski definition) is 3. The van der Waals surface area contributed by atoms with E-state index in [0.29, 0.717) is 11.8 Å². The molecule has 4 heteroatoms. The second-order valence-electron chi connectivity index (χ2n) is 7.33. The Hall–Kier alpha value is -1.26.